The van der Waals surface area contributed by atoms with E-state index in [0.717, 1.165) is 45.2 Å². The molecule has 0 radical (unpaired) electrons. The molecule has 2 aliphatic heterocycles. The molecule has 0 saturated carbocycles. The third-order valence-corrected chi connectivity index (χ3v) is 5.94. The van der Waals surface area contributed by atoms with Crippen LogP contribution in [0.2, 0.25) is 0 Å². The fraction of sp³-hybridized carbons (Fsp3) is 0.571. The second-order valence-electron chi connectivity index (χ2n) is 8.09. The third kappa shape index (κ3) is 4.76. The van der Waals surface area contributed by atoms with Crippen molar-refractivity contribution in [1.29, 1.82) is 0 Å². The molecule has 3 aromatic heterocycles. The molecule has 0 bridgehead atoms. The lowest BCUT2D eigenvalue weighted by Gasteiger charge is -2.39. The molecule has 2 N–H and O–H groups in total. The molecular weight excluding hydrogens is 414 g/mol. The lowest BCUT2D eigenvalue weighted by atomic mass is 10.2. The van der Waals surface area contributed by atoms with Gasteiger partial charge in [-0.1, -0.05) is 0 Å². The number of nitrogens with zero attached hydrogens (tertiary/aromatic N) is 6. The summed E-state index contributed by atoms with van der Waals surface area (Å²) in [5.41, 5.74) is 1.37. The highest BCUT2D eigenvalue weighted by atomic mass is 16.5. The van der Waals surface area contributed by atoms with Crippen molar-refractivity contribution in [3.8, 4) is 0 Å². The van der Waals surface area contributed by atoms with Gasteiger partial charge in [-0.2, -0.15) is 0 Å². The van der Waals surface area contributed by atoms with E-state index < -0.39 is 0 Å². The summed E-state index contributed by atoms with van der Waals surface area (Å²) >= 11 is 0. The van der Waals surface area contributed by atoms with Crippen LogP contribution in [0, 0.1) is 0 Å². The van der Waals surface area contributed by atoms with E-state index in [4.69, 9.17) is 13.9 Å². The van der Waals surface area contributed by atoms with Gasteiger partial charge in [0.25, 0.3) is 0 Å². The largest absolute Gasteiger partial charge is 0.467 e. The zero-order valence-corrected chi connectivity index (χ0v) is 18.0. The number of nitrogens with one attached hydrogen (secondary N) is 1. The maximum absolute atomic E-state index is 9.81. The van der Waals surface area contributed by atoms with Crippen LogP contribution in [0.1, 0.15) is 12.0 Å². The van der Waals surface area contributed by atoms with Gasteiger partial charge in [-0.15, -0.1) is 0 Å². The van der Waals surface area contributed by atoms with E-state index in [1.807, 2.05) is 16.7 Å². The molecule has 0 unspecified atom stereocenters. The number of ether oxygens (including phenoxy) is 2. The Morgan fingerprint density at radius 3 is 2.78 bits per heavy atom. The summed E-state index contributed by atoms with van der Waals surface area (Å²) in [6, 6.07) is 3.75. The average molecular weight is 444 g/mol. The minimum absolute atomic E-state index is 0.0257. The van der Waals surface area contributed by atoms with Gasteiger partial charge in [0.05, 0.1) is 45.1 Å². The number of morpholine rings is 2. The van der Waals surface area contributed by atoms with E-state index in [1.54, 1.807) is 12.6 Å². The average Bonchev–Trinajstić information content (AvgIpc) is 3.52. The van der Waals surface area contributed by atoms with Crippen LogP contribution in [0.4, 0.5) is 5.82 Å². The Labute approximate surface area is 186 Å². The molecule has 172 valence electrons. The van der Waals surface area contributed by atoms with Gasteiger partial charge in [0.15, 0.2) is 17.0 Å². The number of aliphatic hydroxyl groups is 1. The molecule has 0 aliphatic carbocycles. The highest BCUT2D eigenvalue weighted by molar-refractivity contribution is 5.82. The zero-order valence-electron chi connectivity index (χ0n) is 18.0. The summed E-state index contributed by atoms with van der Waals surface area (Å²) in [5.74, 6) is 1.46. The molecule has 11 heteroatoms. The number of fused-ring (bicyclic) bond motifs is 1. The van der Waals surface area contributed by atoms with E-state index in [1.165, 1.54) is 6.33 Å². The summed E-state index contributed by atoms with van der Waals surface area (Å²) in [6.45, 7) is 7.29. The predicted octanol–water partition coefficient (Wildman–Crippen LogP) is 0.555. The summed E-state index contributed by atoms with van der Waals surface area (Å²) in [7, 11) is 0. The number of anilines is 1. The molecule has 2 atom stereocenters. The van der Waals surface area contributed by atoms with Crippen molar-refractivity contribution in [3.05, 3.63) is 36.8 Å². The van der Waals surface area contributed by atoms with Gasteiger partial charge in [-0.05, 0) is 12.1 Å². The van der Waals surface area contributed by atoms with Crippen molar-refractivity contribution in [2.75, 3.05) is 64.4 Å². The minimum atomic E-state index is -0.289. The number of imidazole rings is 1. The van der Waals surface area contributed by atoms with Gasteiger partial charge in [0.1, 0.15) is 18.3 Å². The number of hydrogen-bond donors (Lipinski definition) is 2. The summed E-state index contributed by atoms with van der Waals surface area (Å²) in [5, 5.41) is 13.1. The highest BCUT2D eigenvalue weighted by Crippen LogP contribution is 2.26. The minimum Gasteiger partial charge on any atom is -0.467 e. The van der Waals surface area contributed by atoms with Crippen molar-refractivity contribution >= 4 is 17.0 Å². The topological polar surface area (TPSA) is 114 Å². The number of furan rings is 1. The Hall–Kier alpha value is -2.57. The summed E-state index contributed by atoms with van der Waals surface area (Å²) in [6.07, 6.45) is 4.36. The fourth-order valence-electron chi connectivity index (χ4n) is 4.21. The standard InChI is InChI=1S/C21H29N7O4/c29-13-17-11-27(4-3-26-5-8-30-9-6-26)12-18(32-17)28-15-25-19-20(23-14-24-21(19)28)22-10-16-2-1-7-31-16/h1-2,7,14-15,17-18,29H,3-6,8-13H2,(H,22,23,24)/t17-,18+/m0/s1. The van der Waals surface area contributed by atoms with Crippen LogP contribution in [0.15, 0.2) is 35.5 Å². The van der Waals surface area contributed by atoms with Crippen LogP contribution in [0.3, 0.4) is 0 Å². The van der Waals surface area contributed by atoms with Crippen LogP contribution in [-0.2, 0) is 16.0 Å². The van der Waals surface area contributed by atoms with E-state index in [2.05, 4.69) is 30.1 Å². The van der Waals surface area contributed by atoms with Crippen LogP contribution in [0.5, 0.6) is 0 Å². The molecule has 5 rings (SSSR count). The molecule has 2 saturated heterocycles. The van der Waals surface area contributed by atoms with Gasteiger partial charge in [-0.25, -0.2) is 15.0 Å². The van der Waals surface area contributed by atoms with Gasteiger partial charge in [-0.3, -0.25) is 14.4 Å². The quantitative estimate of drug-likeness (QED) is 0.512. The normalized spacial score (nSPS) is 23.0. The first kappa shape index (κ1) is 21.3. The highest BCUT2D eigenvalue weighted by Gasteiger charge is 2.30. The zero-order chi connectivity index (χ0) is 21.8. The van der Waals surface area contributed by atoms with Crippen molar-refractivity contribution in [2.24, 2.45) is 0 Å². The first-order chi connectivity index (χ1) is 15.8. The number of aliphatic hydroxyl groups excluding tert-OH is 1. The SMILES string of the molecule is OC[C@@H]1CN(CCN2CCOCC2)C[C@H](n2cnc3c(NCc4ccco4)ncnc32)O1. The first-order valence-electron chi connectivity index (χ1n) is 11.0. The summed E-state index contributed by atoms with van der Waals surface area (Å²) < 4.78 is 18.9. The Bertz CT molecular complexity index is 989. The van der Waals surface area contributed by atoms with Gasteiger partial charge in [0, 0.05) is 39.3 Å². The van der Waals surface area contributed by atoms with Crippen LogP contribution >= 0.6 is 0 Å². The Balaban J connectivity index is 1.29. The fourth-order valence-corrected chi connectivity index (χ4v) is 4.21. The maximum Gasteiger partial charge on any atom is 0.167 e. The lowest BCUT2D eigenvalue weighted by molar-refractivity contribution is -0.134. The molecule has 2 aliphatic rings. The van der Waals surface area contributed by atoms with Gasteiger partial charge < -0.3 is 24.3 Å². The molecule has 0 amide bonds. The number of hydrogen-bond acceptors (Lipinski definition) is 10. The molecular formula is C21H29N7O4. The molecule has 11 nitrogen and oxygen atoms in total. The number of rotatable bonds is 8. The van der Waals surface area contributed by atoms with Crippen LogP contribution in [-0.4, -0.2) is 99.6 Å². The summed E-state index contributed by atoms with van der Waals surface area (Å²) in [4.78, 5) is 18.1. The molecule has 32 heavy (non-hydrogen) atoms. The molecule has 0 spiro atoms. The van der Waals surface area contributed by atoms with Crippen molar-refractivity contribution in [3.63, 3.8) is 0 Å². The third-order valence-electron chi connectivity index (χ3n) is 5.94. The van der Waals surface area contributed by atoms with Crippen LogP contribution < -0.4 is 5.32 Å². The van der Waals surface area contributed by atoms with Crippen molar-refractivity contribution < 1.29 is 19.0 Å². The van der Waals surface area contributed by atoms with Crippen molar-refractivity contribution in [1.82, 2.24) is 29.3 Å². The first-order valence-corrected chi connectivity index (χ1v) is 11.0. The molecule has 5 heterocycles. The molecule has 3 aromatic rings. The van der Waals surface area contributed by atoms with Crippen molar-refractivity contribution in [2.45, 2.75) is 18.9 Å². The maximum atomic E-state index is 9.81. The Morgan fingerprint density at radius 2 is 1.97 bits per heavy atom. The predicted molar refractivity (Wildman–Crippen MR) is 116 cm³/mol. The second-order valence-corrected chi connectivity index (χ2v) is 8.09. The molecule has 0 aromatic carbocycles. The van der Waals surface area contributed by atoms with E-state index in [0.29, 0.717) is 36.6 Å². The second kappa shape index (κ2) is 9.92. The van der Waals surface area contributed by atoms with E-state index in [9.17, 15) is 5.11 Å². The van der Waals surface area contributed by atoms with E-state index in [-0.39, 0.29) is 18.9 Å². The van der Waals surface area contributed by atoms with E-state index >= 15 is 0 Å². The monoisotopic (exact) mass is 443 g/mol. The number of aromatic nitrogens is 4. The lowest BCUT2D eigenvalue weighted by Crippen LogP contribution is -2.50. The molecule has 2 fully saturated rings. The van der Waals surface area contributed by atoms with Gasteiger partial charge >= 0.3 is 0 Å². The van der Waals surface area contributed by atoms with Crippen LogP contribution in [0.25, 0.3) is 11.2 Å². The Kier molecular flexibility index (Phi) is 6.60. The smallest absolute Gasteiger partial charge is 0.167 e. The Morgan fingerprint density at radius 1 is 1.09 bits per heavy atom. The van der Waals surface area contributed by atoms with Gasteiger partial charge in [0.2, 0.25) is 0 Å².